The van der Waals surface area contributed by atoms with E-state index in [0.717, 1.165) is 50.6 Å². The number of carbonyl (C=O) groups excluding carboxylic acids is 3. The van der Waals surface area contributed by atoms with Gasteiger partial charge in [-0.25, -0.2) is 4.79 Å². The molecule has 0 aromatic heterocycles. The molecule has 4 aliphatic heterocycles. The molecule has 390 valence electrons. The van der Waals surface area contributed by atoms with Gasteiger partial charge < -0.3 is 38.3 Å². The third kappa shape index (κ3) is 13.7. The number of methoxy groups -OCH3 is 1. The molecule has 0 radical (unpaired) electrons. The van der Waals surface area contributed by atoms with Crippen LogP contribution in [0.25, 0.3) is 11.1 Å². The average Bonchev–Trinajstić information content (AvgIpc) is 3.78. The quantitative estimate of drug-likeness (QED) is 0.0368. The fraction of sp³-hybridized carbons (Fsp3) is 0.421. The van der Waals surface area contributed by atoms with Crippen LogP contribution in [0.4, 0.5) is 11.4 Å². The smallest absolute Gasteiger partial charge is 0.333 e. The van der Waals surface area contributed by atoms with Crippen molar-refractivity contribution >= 4 is 50.4 Å². The van der Waals surface area contributed by atoms with E-state index < -0.39 is 33.3 Å². The fourth-order valence-corrected chi connectivity index (χ4v) is 10.1. The fourth-order valence-electron chi connectivity index (χ4n) is 9.63. The van der Waals surface area contributed by atoms with Crippen LogP contribution < -0.4 is 14.5 Å². The highest BCUT2D eigenvalue weighted by Gasteiger charge is 2.41. The van der Waals surface area contributed by atoms with Crippen LogP contribution >= 0.6 is 0 Å². The normalized spacial score (nSPS) is 18.7. The van der Waals surface area contributed by atoms with E-state index in [-0.39, 0.29) is 35.8 Å². The van der Waals surface area contributed by atoms with E-state index in [1.54, 1.807) is 13.2 Å². The predicted octanol–water partition coefficient (Wildman–Crippen LogP) is 9.67. The zero-order valence-corrected chi connectivity index (χ0v) is 43.7. The van der Waals surface area contributed by atoms with Crippen molar-refractivity contribution < 1.29 is 55.9 Å². The van der Waals surface area contributed by atoms with E-state index in [1.165, 1.54) is 17.7 Å². The van der Waals surface area contributed by atoms with Crippen molar-refractivity contribution in [3.05, 3.63) is 143 Å². The first kappa shape index (κ1) is 54.6. The highest BCUT2D eigenvalue weighted by Crippen LogP contribution is 2.49. The van der Waals surface area contributed by atoms with E-state index in [9.17, 15) is 27.4 Å². The molecule has 0 aliphatic carbocycles. The van der Waals surface area contributed by atoms with Gasteiger partial charge in [0.25, 0.3) is 21.9 Å². The van der Waals surface area contributed by atoms with E-state index in [4.69, 9.17) is 28.5 Å². The molecule has 1 saturated heterocycles. The zero-order valence-electron chi connectivity index (χ0n) is 42.8. The number of hydrogen-bond acceptors (Lipinski definition) is 13. The Hall–Kier alpha value is -6.14. The molecule has 0 saturated carbocycles. The van der Waals surface area contributed by atoms with Gasteiger partial charge in [-0.3, -0.25) is 14.1 Å². The number of nitrogens with zero attached hydrogens (tertiary/aromatic N) is 3. The molecule has 16 heteroatoms. The van der Waals surface area contributed by atoms with E-state index >= 15 is 0 Å². The monoisotopic (exact) mass is 1020 g/mol. The second kappa shape index (κ2) is 24.7. The van der Waals surface area contributed by atoms with Gasteiger partial charge in [0, 0.05) is 79.1 Å². The number of allylic oxidation sites excluding steroid dienone is 10. The summed E-state index contributed by atoms with van der Waals surface area (Å²) in [5.41, 5.74) is 8.12. The first-order valence-electron chi connectivity index (χ1n) is 25.0. The zero-order chi connectivity index (χ0) is 52.2. The predicted molar refractivity (Wildman–Crippen MR) is 281 cm³/mol. The second-order valence-corrected chi connectivity index (χ2v) is 20.8. The SMILES string of the molecule is COCCOCCOCCOCCN1c2cc3c(cc2C(C)=CC1(C)C)C(/C=C/C=C/C=C/C=C1\N(CCCCCC(=O)ON2C(=O)CCC2=O)c2ccc(S(=O)(=O)O)cc2C1(C)C)=CC(c1ccccc1)O3. The van der Waals surface area contributed by atoms with Crippen molar-refractivity contribution in [2.24, 2.45) is 0 Å². The summed E-state index contributed by atoms with van der Waals surface area (Å²) in [5.74, 6) is -0.866. The van der Waals surface area contributed by atoms with Crippen LogP contribution in [0.1, 0.15) is 102 Å². The minimum Gasteiger partial charge on any atom is -0.481 e. The molecule has 0 spiro atoms. The van der Waals surface area contributed by atoms with Crippen molar-refractivity contribution in [3.8, 4) is 5.75 Å². The number of amides is 2. The molecule has 15 nitrogen and oxygen atoms in total. The summed E-state index contributed by atoms with van der Waals surface area (Å²) in [6.45, 7) is 15.5. The molecule has 2 amide bonds. The van der Waals surface area contributed by atoms with Gasteiger partial charge >= 0.3 is 5.97 Å². The van der Waals surface area contributed by atoms with Gasteiger partial charge in [-0.05, 0) is 92.3 Å². The Morgan fingerprint density at radius 2 is 1.45 bits per heavy atom. The summed E-state index contributed by atoms with van der Waals surface area (Å²) in [6.07, 6.45) is 20.1. The topological polar surface area (TPSA) is 171 Å². The lowest BCUT2D eigenvalue weighted by molar-refractivity contribution is -0.197. The van der Waals surface area contributed by atoms with Gasteiger partial charge in [0.15, 0.2) is 0 Å². The van der Waals surface area contributed by atoms with Gasteiger partial charge in [0.05, 0.1) is 56.7 Å². The van der Waals surface area contributed by atoms with Gasteiger partial charge in [0.1, 0.15) is 11.9 Å². The summed E-state index contributed by atoms with van der Waals surface area (Å²) in [5, 5.41) is 0.564. The molecule has 1 fully saturated rings. The third-order valence-corrected chi connectivity index (χ3v) is 14.2. The van der Waals surface area contributed by atoms with Gasteiger partial charge in [0.2, 0.25) is 0 Å². The number of imide groups is 1. The van der Waals surface area contributed by atoms with Crippen molar-refractivity contribution in [3.63, 3.8) is 0 Å². The third-order valence-electron chi connectivity index (χ3n) is 13.3. The van der Waals surface area contributed by atoms with E-state index in [2.05, 4.69) is 73.1 Å². The number of fused-ring (bicyclic) bond motifs is 3. The number of hydroxylamine groups is 2. The van der Waals surface area contributed by atoms with Crippen LogP contribution in [-0.2, 0) is 53.7 Å². The Labute approximate surface area is 430 Å². The van der Waals surface area contributed by atoms with Gasteiger partial charge in [-0.15, -0.1) is 5.06 Å². The lowest BCUT2D eigenvalue weighted by atomic mass is 9.83. The molecule has 3 aromatic rings. The summed E-state index contributed by atoms with van der Waals surface area (Å²) in [4.78, 5) is 45.5. The van der Waals surface area contributed by atoms with E-state index in [0.29, 0.717) is 83.7 Å². The summed E-state index contributed by atoms with van der Waals surface area (Å²) in [7, 11) is -2.79. The Morgan fingerprint density at radius 1 is 0.781 bits per heavy atom. The first-order valence-corrected chi connectivity index (χ1v) is 26.4. The number of benzene rings is 3. The molecule has 1 N–H and O–H groups in total. The first-order chi connectivity index (χ1) is 35.0. The van der Waals surface area contributed by atoms with Crippen LogP contribution in [0.2, 0.25) is 0 Å². The number of rotatable bonds is 25. The van der Waals surface area contributed by atoms with E-state index in [1.807, 2.05) is 68.5 Å². The maximum atomic E-state index is 12.4. The standard InChI is InChI=1S/C57H69N3O12S/c1-41-40-56(2,3)59(28-29-68-32-33-70-35-34-69-31-30-67-6)49-39-51-46(38-45(41)49)43(36-50(71-51)42-18-13-10-14-19-42)20-12-8-7-9-15-21-52-57(4,5)47-37-44(73(64,65)66)23-24-48(47)58(52)27-17-11-16-22-55(63)72-60-53(61)25-26-54(60)62/h7-10,12-15,18-21,23-24,36-40,50H,11,16-17,22,25-35H2,1-6H3,(H,64,65,66)/b8-7+,15-9+,20-12+,52-21-. The summed E-state index contributed by atoms with van der Waals surface area (Å²) >= 11 is 0. The molecule has 0 bridgehead atoms. The largest absolute Gasteiger partial charge is 0.481 e. The lowest BCUT2D eigenvalue weighted by Gasteiger charge is -2.44. The molecule has 1 atom stereocenters. The van der Waals surface area contributed by atoms with Crippen molar-refractivity contribution in [2.75, 3.05) is 76.2 Å². The Kier molecular flexibility index (Phi) is 18.5. The molecule has 4 aliphatic rings. The van der Waals surface area contributed by atoms with Gasteiger partial charge in [-0.2, -0.15) is 8.42 Å². The highest BCUT2D eigenvalue weighted by molar-refractivity contribution is 7.85. The molecule has 73 heavy (non-hydrogen) atoms. The maximum Gasteiger partial charge on any atom is 0.333 e. The summed E-state index contributed by atoms with van der Waals surface area (Å²) < 4.78 is 63.3. The maximum absolute atomic E-state index is 12.4. The van der Waals surface area contributed by atoms with Crippen molar-refractivity contribution in [1.29, 1.82) is 0 Å². The average molecular weight is 1020 g/mol. The number of ether oxygens (including phenoxy) is 5. The van der Waals surface area contributed by atoms with Crippen LogP contribution in [-0.4, -0.2) is 108 Å². The van der Waals surface area contributed by atoms with Crippen molar-refractivity contribution in [2.45, 2.75) is 95.1 Å². The Morgan fingerprint density at radius 3 is 2.15 bits per heavy atom. The number of unbranched alkanes of at least 4 members (excludes halogenated alkanes) is 2. The van der Waals surface area contributed by atoms with Crippen LogP contribution in [0, 0.1) is 0 Å². The Balaban J connectivity index is 1.04. The lowest BCUT2D eigenvalue weighted by Crippen LogP contribution is -2.47. The second-order valence-electron chi connectivity index (χ2n) is 19.4. The number of hydrogen-bond donors (Lipinski definition) is 1. The molecule has 4 heterocycles. The summed E-state index contributed by atoms with van der Waals surface area (Å²) in [6, 6.07) is 19.2. The molecular weight excluding hydrogens is 951 g/mol. The molecular formula is C57H69N3O12S. The highest BCUT2D eigenvalue weighted by atomic mass is 32.2. The Bertz CT molecular complexity index is 2760. The van der Waals surface area contributed by atoms with Crippen LogP contribution in [0.15, 0.2) is 126 Å². The minimum atomic E-state index is -4.44. The van der Waals surface area contributed by atoms with Gasteiger partial charge in [-0.1, -0.05) is 93.1 Å². The molecule has 7 rings (SSSR count). The molecule has 3 aromatic carbocycles. The minimum absolute atomic E-state index is 0.0349. The number of carbonyl (C=O) groups is 3. The number of anilines is 2. The van der Waals surface area contributed by atoms with Crippen LogP contribution in [0.3, 0.4) is 0 Å². The van der Waals surface area contributed by atoms with Crippen LogP contribution in [0.5, 0.6) is 5.75 Å². The van der Waals surface area contributed by atoms with Crippen molar-refractivity contribution in [1.82, 2.24) is 5.06 Å². The molecule has 1 unspecified atom stereocenters.